The molecule has 1 atom stereocenters. The Bertz CT molecular complexity index is 100. The second-order valence-corrected chi connectivity index (χ2v) is 2.03. The van der Waals surface area contributed by atoms with Crippen LogP contribution in [0.2, 0.25) is 0 Å². The van der Waals surface area contributed by atoms with Gasteiger partial charge in [0.15, 0.2) is 0 Å². The normalized spacial score (nSPS) is 15.9. The summed E-state index contributed by atoms with van der Waals surface area (Å²) in [6.07, 6.45) is -3.78. The van der Waals surface area contributed by atoms with E-state index in [1.807, 2.05) is 0 Å². The number of halogens is 5. The van der Waals surface area contributed by atoms with Gasteiger partial charge in [-0.25, -0.2) is 8.78 Å². The highest BCUT2D eigenvalue weighted by Crippen LogP contribution is 2.31. The lowest BCUT2D eigenvalue weighted by Crippen LogP contribution is -2.35. The highest BCUT2D eigenvalue weighted by Gasteiger charge is 2.46. The SMILES string of the molecule is CC(CF)C(F)(F)C(F)F. The lowest BCUT2D eigenvalue weighted by atomic mass is 10.1. The molecular formula is C5H7F5. The Morgan fingerprint density at radius 2 is 1.70 bits per heavy atom. The number of hydrogen-bond donors (Lipinski definition) is 0. The van der Waals surface area contributed by atoms with Crippen LogP contribution in [0.1, 0.15) is 6.92 Å². The molecule has 0 saturated carbocycles. The lowest BCUT2D eigenvalue weighted by Gasteiger charge is -2.19. The summed E-state index contributed by atoms with van der Waals surface area (Å²) in [6, 6.07) is 0. The van der Waals surface area contributed by atoms with Gasteiger partial charge in [0.2, 0.25) is 0 Å². The third-order valence-electron chi connectivity index (χ3n) is 1.18. The van der Waals surface area contributed by atoms with Crippen LogP contribution in [0.15, 0.2) is 0 Å². The fraction of sp³-hybridized carbons (Fsp3) is 1.00. The van der Waals surface area contributed by atoms with Crippen LogP contribution in [0.25, 0.3) is 0 Å². The molecule has 1 unspecified atom stereocenters. The van der Waals surface area contributed by atoms with E-state index in [-0.39, 0.29) is 0 Å². The monoisotopic (exact) mass is 162 g/mol. The smallest absolute Gasteiger partial charge is 0.251 e. The molecule has 0 nitrogen and oxygen atoms in total. The summed E-state index contributed by atoms with van der Waals surface area (Å²) >= 11 is 0. The molecule has 0 fully saturated rings. The average molecular weight is 162 g/mol. The zero-order valence-electron chi connectivity index (χ0n) is 5.25. The van der Waals surface area contributed by atoms with Gasteiger partial charge in [-0.1, -0.05) is 6.92 Å². The molecule has 0 aliphatic heterocycles. The first kappa shape index (κ1) is 9.65. The van der Waals surface area contributed by atoms with E-state index in [0.717, 1.165) is 6.92 Å². The van der Waals surface area contributed by atoms with Crippen LogP contribution in [-0.4, -0.2) is 19.0 Å². The Balaban J connectivity index is 4.09. The second-order valence-electron chi connectivity index (χ2n) is 2.03. The first-order valence-corrected chi connectivity index (χ1v) is 2.64. The van der Waals surface area contributed by atoms with Crippen molar-refractivity contribution in [1.29, 1.82) is 0 Å². The van der Waals surface area contributed by atoms with Crippen molar-refractivity contribution >= 4 is 0 Å². The number of alkyl halides is 5. The van der Waals surface area contributed by atoms with Gasteiger partial charge in [0.25, 0.3) is 0 Å². The predicted octanol–water partition coefficient (Wildman–Crippen LogP) is 2.49. The molecule has 0 aromatic heterocycles. The van der Waals surface area contributed by atoms with E-state index in [9.17, 15) is 22.0 Å². The molecule has 0 heterocycles. The molecule has 0 aromatic carbocycles. The van der Waals surface area contributed by atoms with Gasteiger partial charge >= 0.3 is 12.3 Å². The summed E-state index contributed by atoms with van der Waals surface area (Å²) in [6.45, 7) is -0.691. The molecule has 0 aliphatic carbocycles. The lowest BCUT2D eigenvalue weighted by molar-refractivity contribution is -0.164. The Labute approximate surface area is 55.0 Å². The average Bonchev–Trinajstić information content (AvgIpc) is 1.86. The van der Waals surface area contributed by atoms with Gasteiger partial charge in [0, 0.05) is 0 Å². The predicted molar refractivity (Wildman–Crippen MR) is 26.1 cm³/mol. The first-order chi connectivity index (χ1) is 4.42. The Kier molecular flexibility index (Phi) is 3.05. The van der Waals surface area contributed by atoms with E-state index < -0.39 is 24.9 Å². The van der Waals surface area contributed by atoms with Gasteiger partial charge in [-0.3, -0.25) is 4.39 Å². The van der Waals surface area contributed by atoms with Crippen molar-refractivity contribution in [2.45, 2.75) is 19.3 Å². The molecule has 0 rings (SSSR count). The van der Waals surface area contributed by atoms with Crippen LogP contribution < -0.4 is 0 Å². The summed E-state index contributed by atoms with van der Waals surface area (Å²) in [5, 5.41) is 0. The van der Waals surface area contributed by atoms with Crippen LogP contribution in [0.4, 0.5) is 22.0 Å². The summed E-state index contributed by atoms with van der Waals surface area (Å²) in [5.74, 6) is -6.11. The van der Waals surface area contributed by atoms with Gasteiger partial charge in [-0.05, 0) is 0 Å². The maximum absolute atomic E-state index is 12.0. The fourth-order valence-electron chi connectivity index (χ4n) is 0.318. The maximum Gasteiger partial charge on any atom is 0.312 e. The molecule has 0 saturated heterocycles. The second kappa shape index (κ2) is 3.16. The van der Waals surface area contributed by atoms with E-state index in [2.05, 4.69) is 0 Å². The van der Waals surface area contributed by atoms with Crippen LogP contribution in [0, 0.1) is 5.92 Å². The molecule has 0 aliphatic rings. The van der Waals surface area contributed by atoms with E-state index >= 15 is 0 Å². The van der Waals surface area contributed by atoms with Gasteiger partial charge < -0.3 is 0 Å². The molecule has 5 heteroatoms. The Morgan fingerprint density at radius 1 is 1.30 bits per heavy atom. The van der Waals surface area contributed by atoms with Gasteiger partial charge in [0.05, 0.1) is 12.6 Å². The molecule has 62 valence electrons. The zero-order chi connectivity index (χ0) is 8.36. The number of hydrogen-bond acceptors (Lipinski definition) is 0. The standard InChI is InChI=1S/C5H7F5/c1-3(2-6)5(9,10)4(7)8/h3-4H,2H2,1H3. The molecule has 0 spiro atoms. The summed E-state index contributed by atoms with van der Waals surface area (Å²) in [5.41, 5.74) is 0. The molecule has 0 radical (unpaired) electrons. The topological polar surface area (TPSA) is 0 Å². The third kappa shape index (κ3) is 1.82. The maximum atomic E-state index is 12.0. The van der Waals surface area contributed by atoms with Crippen molar-refractivity contribution < 1.29 is 22.0 Å². The van der Waals surface area contributed by atoms with Crippen LogP contribution >= 0.6 is 0 Å². The Hall–Kier alpha value is -0.350. The molecule has 0 amide bonds. The highest BCUT2D eigenvalue weighted by molar-refractivity contribution is 4.75. The van der Waals surface area contributed by atoms with E-state index in [4.69, 9.17) is 0 Å². The van der Waals surface area contributed by atoms with Crippen molar-refractivity contribution in [3.63, 3.8) is 0 Å². The van der Waals surface area contributed by atoms with E-state index in [0.29, 0.717) is 0 Å². The zero-order valence-corrected chi connectivity index (χ0v) is 5.25. The summed E-state index contributed by atoms with van der Waals surface area (Å²) in [7, 11) is 0. The summed E-state index contributed by atoms with van der Waals surface area (Å²) < 4.78 is 58.0. The molecular weight excluding hydrogens is 155 g/mol. The van der Waals surface area contributed by atoms with E-state index in [1.165, 1.54) is 0 Å². The van der Waals surface area contributed by atoms with Crippen molar-refractivity contribution in [3.05, 3.63) is 0 Å². The minimum absolute atomic E-state index is 0.742. The summed E-state index contributed by atoms with van der Waals surface area (Å²) in [4.78, 5) is 0. The molecule has 0 bridgehead atoms. The van der Waals surface area contributed by atoms with E-state index in [1.54, 1.807) is 0 Å². The first-order valence-electron chi connectivity index (χ1n) is 2.64. The fourth-order valence-corrected chi connectivity index (χ4v) is 0.318. The molecule has 0 aromatic rings. The van der Waals surface area contributed by atoms with Crippen molar-refractivity contribution in [1.82, 2.24) is 0 Å². The highest BCUT2D eigenvalue weighted by atomic mass is 19.3. The minimum Gasteiger partial charge on any atom is -0.251 e. The van der Waals surface area contributed by atoms with Crippen molar-refractivity contribution in [2.75, 3.05) is 6.67 Å². The minimum atomic E-state index is -4.20. The van der Waals surface area contributed by atoms with Gasteiger partial charge in [-0.15, -0.1) is 0 Å². The molecule has 0 N–H and O–H groups in total. The van der Waals surface area contributed by atoms with Crippen LogP contribution in [0.3, 0.4) is 0 Å². The number of rotatable bonds is 3. The third-order valence-corrected chi connectivity index (χ3v) is 1.18. The van der Waals surface area contributed by atoms with Crippen molar-refractivity contribution in [2.24, 2.45) is 5.92 Å². The van der Waals surface area contributed by atoms with Gasteiger partial charge in [-0.2, -0.15) is 8.78 Å². The molecule has 10 heavy (non-hydrogen) atoms. The Morgan fingerprint density at radius 3 is 1.80 bits per heavy atom. The largest absolute Gasteiger partial charge is 0.312 e. The van der Waals surface area contributed by atoms with Crippen LogP contribution in [-0.2, 0) is 0 Å². The van der Waals surface area contributed by atoms with Crippen LogP contribution in [0.5, 0.6) is 0 Å². The quantitative estimate of drug-likeness (QED) is 0.559. The van der Waals surface area contributed by atoms with Crippen molar-refractivity contribution in [3.8, 4) is 0 Å². The van der Waals surface area contributed by atoms with Gasteiger partial charge in [0.1, 0.15) is 0 Å².